The monoisotopic (exact) mass is 191 g/mol. The van der Waals surface area contributed by atoms with Gasteiger partial charge in [0.05, 0.1) is 0 Å². The first-order chi connectivity index (χ1) is 6.08. The summed E-state index contributed by atoms with van der Waals surface area (Å²) in [6.07, 6.45) is 2.05. The lowest BCUT2D eigenvalue weighted by molar-refractivity contribution is -0.129. The van der Waals surface area contributed by atoms with Gasteiger partial charge in [0, 0.05) is 25.3 Å². The van der Waals surface area contributed by atoms with Crippen molar-refractivity contribution in [2.75, 3.05) is 6.54 Å². The molecular weight excluding hydrogens is 179 g/mol. The molecule has 74 valence electrons. The van der Waals surface area contributed by atoms with Crippen LogP contribution in [0, 0.1) is 11.8 Å². The van der Waals surface area contributed by atoms with Crippen LogP contribution in [0.5, 0.6) is 0 Å². The maximum absolute atomic E-state index is 13.2. The van der Waals surface area contributed by atoms with Crippen LogP contribution >= 0.6 is 0 Å². The Morgan fingerprint density at radius 1 is 1.31 bits per heavy atom. The largest absolute Gasteiger partial charge is 0.284 e. The third-order valence-electron chi connectivity index (χ3n) is 2.79. The Hall–Kier alpha value is -0.510. The quantitative estimate of drug-likeness (QED) is 0.494. The van der Waals surface area contributed by atoms with Crippen molar-refractivity contribution < 1.29 is 13.2 Å². The second kappa shape index (κ2) is 3.01. The van der Waals surface area contributed by atoms with Gasteiger partial charge in [0.2, 0.25) is 5.92 Å². The van der Waals surface area contributed by atoms with Crippen LogP contribution < -0.4 is 5.32 Å². The van der Waals surface area contributed by atoms with Gasteiger partial charge in [-0.2, -0.15) is 0 Å². The average molecular weight is 191 g/mol. The Bertz CT molecular complexity index is 219. The molecular formula is C9H12F3N. The van der Waals surface area contributed by atoms with Crippen LogP contribution in [0.1, 0.15) is 12.8 Å². The van der Waals surface area contributed by atoms with Crippen LogP contribution in [0.2, 0.25) is 0 Å². The Morgan fingerprint density at radius 3 is 2.54 bits per heavy atom. The molecule has 2 aliphatic rings. The van der Waals surface area contributed by atoms with Gasteiger partial charge in [0.25, 0.3) is 0 Å². The Kier molecular flexibility index (Phi) is 2.10. The second-order valence-electron chi connectivity index (χ2n) is 3.84. The first-order valence-corrected chi connectivity index (χ1v) is 4.50. The summed E-state index contributed by atoms with van der Waals surface area (Å²) in [7, 11) is 0. The average Bonchev–Trinajstić information content (AvgIpc) is 2.01. The molecule has 1 saturated carbocycles. The van der Waals surface area contributed by atoms with Crippen molar-refractivity contribution in [2.24, 2.45) is 11.8 Å². The van der Waals surface area contributed by atoms with Gasteiger partial charge in [0.15, 0.2) is 6.30 Å². The molecule has 2 unspecified atom stereocenters. The summed E-state index contributed by atoms with van der Waals surface area (Å²) in [6.45, 7) is 0.501. The van der Waals surface area contributed by atoms with Crippen molar-refractivity contribution in [1.82, 2.24) is 5.32 Å². The normalized spacial score (nSPS) is 38.7. The van der Waals surface area contributed by atoms with Crippen molar-refractivity contribution in [1.29, 1.82) is 0 Å². The number of hydrogen-bond acceptors (Lipinski definition) is 1. The lowest BCUT2D eigenvalue weighted by Crippen LogP contribution is -2.46. The molecule has 1 aliphatic carbocycles. The topological polar surface area (TPSA) is 12.0 Å². The molecule has 2 atom stereocenters. The van der Waals surface area contributed by atoms with Crippen molar-refractivity contribution in [2.45, 2.75) is 25.1 Å². The van der Waals surface area contributed by atoms with Crippen LogP contribution in [0.3, 0.4) is 0 Å². The minimum Gasteiger partial charge on any atom is -0.284 e. The van der Waals surface area contributed by atoms with E-state index < -0.39 is 12.2 Å². The maximum atomic E-state index is 13.2. The molecule has 0 aromatic rings. The zero-order valence-corrected chi connectivity index (χ0v) is 7.14. The molecule has 1 heterocycles. The molecule has 0 amide bonds. The number of hydrogen-bond donors (Lipinski definition) is 1. The molecule has 1 nitrogen and oxygen atoms in total. The highest BCUT2D eigenvalue weighted by atomic mass is 19.3. The molecule has 0 aromatic carbocycles. The van der Waals surface area contributed by atoms with Gasteiger partial charge in [0.1, 0.15) is 0 Å². The van der Waals surface area contributed by atoms with Crippen LogP contribution in [-0.2, 0) is 0 Å². The van der Waals surface area contributed by atoms with E-state index >= 15 is 0 Å². The maximum Gasteiger partial charge on any atom is 0.248 e. The Morgan fingerprint density at radius 2 is 2.00 bits per heavy atom. The smallest absolute Gasteiger partial charge is 0.248 e. The standard InChI is InChI=1S/C9H12F3N/c10-8-7(2-1-3-13-8)6-4-9(11,12)5-6/h1-2,6-8,13H,3-5H2. The van der Waals surface area contributed by atoms with E-state index in [0.29, 0.717) is 6.54 Å². The van der Waals surface area contributed by atoms with Crippen molar-refractivity contribution >= 4 is 0 Å². The molecule has 0 saturated heterocycles. The lowest BCUT2D eigenvalue weighted by atomic mass is 9.72. The second-order valence-corrected chi connectivity index (χ2v) is 3.84. The zero-order chi connectivity index (χ0) is 9.47. The fraction of sp³-hybridized carbons (Fsp3) is 0.778. The van der Waals surface area contributed by atoms with Crippen molar-refractivity contribution in [3.8, 4) is 0 Å². The first-order valence-electron chi connectivity index (χ1n) is 4.50. The molecule has 0 aromatic heterocycles. The summed E-state index contributed by atoms with van der Waals surface area (Å²) in [5.74, 6) is -3.09. The van der Waals surface area contributed by atoms with Crippen LogP contribution in [-0.4, -0.2) is 18.8 Å². The molecule has 2 rings (SSSR count). The minimum absolute atomic E-state index is 0.163. The van der Waals surface area contributed by atoms with Gasteiger partial charge in [-0.15, -0.1) is 0 Å². The minimum atomic E-state index is -2.55. The molecule has 1 aliphatic heterocycles. The summed E-state index contributed by atoms with van der Waals surface area (Å²) >= 11 is 0. The summed E-state index contributed by atoms with van der Waals surface area (Å²) in [5.41, 5.74) is 0. The van der Waals surface area contributed by atoms with Crippen LogP contribution in [0.25, 0.3) is 0 Å². The number of nitrogens with one attached hydrogen (secondary N) is 1. The van der Waals surface area contributed by atoms with Gasteiger partial charge < -0.3 is 0 Å². The van der Waals surface area contributed by atoms with Gasteiger partial charge in [-0.3, -0.25) is 5.32 Å². The van der Waals surface area contributed by atoms with E-state index in [9.17, 15) is 13.2 Å². The van der Waals surface area contributed by atoms with Crippen molar-refractivity contribution in [3.63, 3.8) is 0 Å². The predicted molar refractivity (Wildman–Crippen MR) is 43.2 cm³/mol. The lowest BCUT2D eigenvalue weighted by Gasteiger charge is -2.41. The first kappa shape index (κ1) is 9.06. The summed E-state index contributed by atoms with van der Waals surface area (Å²) in [6, 6.07) is 0. The molecule has 0 radical (unpaired) electrons. The Balaban J connectivity index is 1.94. The summed E-state index contributed by atoms with van der Waals surface area (Å²) in [4.78, 5) is 0. The van der Waals surface area contributed by atoms with Gasteiger partial charge in [-0.05, 0) is 5.92 Å². The third kappa shape index (κ3) is 1.73. The van der Waals surface area contributed by atoms with Crippen molar-refractivity contribution in [3.05, 3.63) is 12.2 Å². The number of halogens is 3. The van der Waals surface area contributed by atoms with E-state index in [1.54, 1.807) is 12.2 Å². The third-order valence-corrected chi connectivity index (χ3v) is 2.79. The summed E-state index contributed by atoms with van der Waals surface area (Å²) in [5, 5.41) is 2.61. The highest BCUT2D eigenvalue weighted by Gasteiger charge is 2.49. The molecule has 1 N–H and O–H groups in total. The fourth-order valence-corrected chi connectivity index (χ4v) is 2.02. The van der Waals surface area contributed by atoms with E-state index in [1.165, 1.54) is 0 Å². The van der Waals surface area contributed by atoms with E-state index in [1.807, 2.05) is 0 Å². The van der Waals surface area contributed by atoms with Gasteiger partial charge in [-0.1, -0.05) is 12.2 Å². The SMILES string of the molecule is FC1NCC=CC1C1CC(F)(F)C1. The number of rotatable bonds is 1. The molecule has 13 heavy (non-hydrogen) atoms. The van der Waals surface area contributed by atoms with Crippen LogP contribution in [0.15, 0.2) is 12.2 Å². The predicted octanol–water partition coefficient (Wildman–Crippen LogP) is 2.10. The molecule has 1 fully saturated rings. The molecule has 0 spiro atoms. The molecule has 0 bridgehead atoms. The number of alkyl halides is 3. The highest BCUT2D eigenvalue weighted by Crippen LogP contribution is 2.47. The van der Waals surface area contributed by atoms with Gasteiger partial charge in [-0.25, -0.2) is 13.2 Å². The van der Waals surface area contributed by atoms with E-state index in [-0.39, 0.29) is 24.7 Å². The fourth-order valence-electron chi connectivity index (χ4n) is 2.02. The Labute approximate surface area is 75.0 Å². The van der Waals surface area contributed by atoms with Gasteiger partial charge >= 0.3 is 0 Å². The summed E-state index contributed by atoms with van der Waals surface area (Å²) < 4.78 is 38.2. The zero-order valence-electron chi connectivity index (χ0n) is 7.14. The van der Waals surface area contributed by atoms with E-state index in [2.05, 4.69) is 5.32 Å². The van der Waals surface area contributed by atoms with Crippen LogP contribution in [0.4, 0.5) is 13.2 Å². The van der Waals surface area contributed by atoms with E-state index in [4.69, 9.17) is 0 Å². The van der Waals surface area contributed by atoms with E-state index in [0.717, 1.165) is 0 Å². The highest BCUT2D eigenvalue weighted by molar-refractivity contribution is 5.04. The molecule has 4 heteroatoms.